The van der Waals surface area contributed by atoms with Crippen LogP contribution in [0.15, 0.2) is 53.4 Å². The van der Waals surface area contributed by atoms with Gasteiger partial charge in [-0.25, -0.2) is 13.1 Å². The Kier molecular flexibility index (Phi) is 6.76. The molecule has 7 heteroatoms. The van der Waals surface area contributed by atoms with E-state index in [2.05, 4.69) is 10.0 Å². The molecule has 0 aliphatic heterocycles. The predicted octanol–water partition coefficient (Wildman–Crippen LogP) is 2.95. The van der Waals surface area contributed by atoms with E-state index in [1.54, 1.807) is 13.8 Å². The lowest BCUT2D eigenvalue weighted by Gasteiger charge is -2.12. The van der Waals surface area contributed by atoms with Crippen molar-refractivity contribution < 1.29 is 17.9 Å². The normalized spacial score (nSPS) is 11.4. The number of carbonyl (C=O) groups excluding carboxylic acids is 1. The Hall–Kier alpha value is -2.38. The van der Waals surface area contributed by atoms with Gasteiger partial charge in [0.25, 0.3) is 5.91 Å². The van der Waals surface area contributed by atoms with E-state index in [4.69, 9.17) is 4.74 Å². The smallest absolute Gasteiger partial charge is 0.262 e. The van der Waals surface area contributed by atoms with E-state index in [0.29, 0.717) is 5.75 Å². The van der Waals surface area contributed by atoms with Gasteiger partial charge in [-0.2, -0.15) is 0 Å². The summed E-state index contributed by atoms with van der Waals surface area (Å²) in [6.45, 7) is 5.37. The fraction of sp³-hybridized carbons (Fsp3) is 0.316. The maximum atomic E-state index is 12.1. The summed E-state index contributed by atoms with van der Waals surface area (Å²) in [5.41, 5.74) is 1.82. The molecule has 0 aromatic heterocycles. The van der Waals surface area contributed by atoms with Gasteiger partial charge in [0.2, 0.25) is 10.0 Å². The van der Waals surface area contributed by atoms with Crippen LogP contribution >= 0.6 is 0 Å². The number of nitrogens with one attached hydrogen (secondary N) is 2. The number of hydrogen-bond acceptors (Lipinski definition) is 4. The zero-order valence-electron chi connectivity index (χ0n) is 15.2. The molecule has 2 N–H and O–H groups in total. The van der Waals surface area contributed by atoms with Gasteiger partial charge in [-0.3, -0.25) is 4.79 Å². The van der Waals surface area contributed by atoms with Crippen LogP contribution in [0, 0.1) is 0 Å². The standard InChI is InChI=1S/C19H24N2O4S/c1-4-15-7-5-6-8-18(15)20-19(22)13-25-16-9-11-17(12-10-16)26(23,24)21-14(2)3/h5-12,14,21H,4,13H2,1-3H3,(H,20,22). The Morgan fingerprint density at radius 3 is 2.35 bits per heavy atom. The molecule has 2 aromatic rings. The minimum atomic E-state index is -3.54. The van der Waals surface area contributed by atoms with Gasteiger partial charge in [-0.1, -0.05) is 25.1 Å². The molecule has 2 rings (SSSR count). The lowest BCUT2D eigenvalue weighted by molar-refractivity contribution is -0.118. The molecule has 0 saturated carbocycles. The highest BCUT2D eigenvalue weighted by molar-refractivity contribution is 7.89. The molecular weight excluding hydrogens is 352 g/mol. The van der Waals surface area contributed by atoms with Crippen molar-refractivity contribution in [3.63, 3.8) is 0 Å². The molecule has 0 saturated heterocycles. The van der Waals surface area contributed by atoms with Gasteiger partial charge in [-0.15, -0.1) is 0 Å². The molecule has 0 aliphatic rings. The summed E-state index contributed by atoms with van der Waals surface area (Å²) in [6.07, 6.45) is 0.817. The second-order valence-electron chi connectivity index (χ2n) is 6.09. The van der Waals surface area contributed by atoms with Crippen molar-refractivity contribution in [3.05, 3.63) is 54.1 Å². The molecule has 1 amide bonds. The first-order valence-corrected chi connectivity index (χ1v) is 9.93. The van der Waals surface area contributed by atoms with Crippen LogP contribution in [-0.2, 0) is 21.2 Å². The number of sulfonamides is 1. The van der Waals surface area contributed by atoms with Crippen molar-refractivity contribution in [2.24, 2.45) is 0 Å². The highest BCUT2D eigenvalue weighted by Crippen LogP contribution is 2.17. The van der Waals surface area contributed by atoms with Gasteiger partial charge in [-0.05, 0) is 56.2 Å². The van der Waals surface area contributed by atoms with Crippen LogP contribution in [0.2, 0.25) is 0 Å². The van der Waals surface area contributed by atoms with Crippen LogP contribution < -0.4 is 14.8 Å². The maximum Gasteiger partial charge on any atom is 0.262 e. The summed E-state index contributed by atoms with van der Waals surface area (Å²) < 4.78 is 32.1. The highest BCUT2D eigenvalue weighted by atomic mass is 32.2. The minimum Gasteiger partial charge on any atom is -0.484 e. The molecule has 26 heavy (non-hydrogen) atoms. The fourth-order valence-corrected chi connectivity index (χ4v) is 3.63. The molecule has 0 unspecified atom stereocenters. The van der Waals surface area contributed by atoms with Gasteiger partial charge in [0.15, 0.2) is 6.61 Å². The molecule has 6 nitrogen and oxygen atoms in total. The first-order chi connectivity index (χ1) is 12.3. The number of para-hydroxylation sites is 1. The summed E-state index contributed by atoms with van der Waals surface area (Å²) in [4.78, 5) is 12.2. The zero-order chi connectivity index (χ0) is 19.2. The van der Waals surface area contributed by atoms with E-state index in [-0.39, 0.29) is 23.5 Å². The van der Waals surface area contributed by atoms with Gasteiger partial charge >= 0.3 is 0 Å². The third-order valence-electron chi connectivity index (χ3n) is 3.57. The first kappa shape index (κ1) is 19.9. The predicted molar refractivity (Wildman–Crippen MR) is 102 cm³/mol. The fourth-order valence-electron chi connectivity index (χ4n) is 2.38. The molecule has 0 spiro atoms. The lowest BCUT2D eigenvalue weighted by Crippen LogP contribution is -2.30. The first-order valence-electron chi connectivity index (χ1n) is 8.44. The third-order valence-corrected chi connectivity index (χ3v) is 5.24. The Labute approximate surface area is 154 Å². The van der Waals surface area contributed by atoms with Gasteiger partial charge in [0.1, 0.15) is 5.75 Å². The van der Waals surface area contributed by atoms with Crippen LogP contribution in [0.3, 0.4) is 0 Å². The molecule has 0 atom stereocenters. The molecule has 0 radical (unpaired) electrons. The van der Waals surface area contributed by atoms with Crippen LogP contribution in [0.4, 0.5) is 5.69 Å². The quantitative estimate of drug-likeness (QED) is 0.742. The molecule has 0 fully saturated rings. The monoisotopic (exact) mass is 376 g/mol. The topological polar surface area (TPSA) is 84.5 Å². The average Bonchev–Trinajstić information content (AvgIpc) is 2.60. The van der Waals surface area contributed by atoms with Crippen molar-refractivity contribution in [2.45, 2.75) is 38.1 Å². The number of anilines is 1. The molecule has 0 bridgehead atoms. The molecule has 2 aromatic carbocycles. The second kappa shape index (κ2) is 8.82. The summed E-state index contributed by atoms with van der Waals surface area (Å²) in [5.74, 6) is 0.150. The van der Waals surface area contributed by atoms with Crippen LogP contribution in [0.1, 0.15) is 26.3 Å². The Bertz CT molecular complexity index is 846. The van der Waals surface area contributed by atoms with E-state index in [0.717, 1.165) is 17.7 Å². The number of hydrogen-bond donors (Lipinski definition) is 2. The highest BCUT2D eigenvalue weighted by Gasteiger charge is 2.15. The van der Waals surface area contributed by atoms with Gasteiger partial charge < -0.3 is 10.1 Å². The third kappa shape index (κ3) is 5.57. The van der Waals surface area contributed by atoms with Crippen molar-refractivity contribution >= 4 is 21.6 Å². The second-order valence-corrected chi connectivity index (χ2v) is 7.81. The largest absolute Gasteiger partial charge is 0.484 e. The summed E-state index contributed by atoms with van der Waals surface area (Å²) in [6, 6.07) is 13.4. The lowest BCUT2D eigenvalue weighted by atomic mass is 10.1. The molecular formula is C19H24N2O4S. The van der Waals surface area contributed by atoms with Gasteiger partial charge in [0.05, 0.1) is 4.90 Å². The van der Waals surface area contributed by atoms with Crippen molar-refractivity contribution in [1.82, 2.24) is 4.72 Å². The number of ether oxygens (including phenoxy) is 1. The van der Waals surface area contributed by atoms with Crippen molar-refractivity contribution in [2.75, 3.05) is 11.9 Å². The molecule has 0 heterocycles. The summed E-state index contributed by atoms with van der Waals surface area (Å²) >= 11 is 0. The average molecular weight is 376 g/mol. The molecule has 0 aliphatic carbocycles. The number of amides is 1. The molecule has 140 valence electrons. The van der Waals surface area contributed by atoms with Crippen LogP contribution in [0.5, 0.6) is 5.75 Å². The number of carbonyl (C=O) groups is 1. The van der Waals surface area contributed by atoms with Crippen molar-refractivity contribution in [1.29, 1.82) is 0 Å². The van der Waals surface area contributed by atoms with E-state index in [1.165, 1.54) is 24.3 Å². The Balaban J connectivity index is 1.94. The number of aryl methyl sites for hydroxylation is 1. The van der Waals surface area contributed by atoms with E-state index < -0.39 is 10.0 Å². The Morgan fingerprint density at radius 2 is 1.73 bits per heavy atom. The Morgan fingerprint density at radius 1 is 1.08 bits per heavy atom. The number of rotatable bonds is 8. The SMILES string of the molecule is CCc1ccccc1NC(=O)COc1ccc(S(=O)(=O)NC(C)C)cc1. The van der Waals surface area contributed by atoms with Crippen LogP contribution in [0.25, 0.3) is 0 Å². The summed E-state index contributed by atoms with van der Waals surface area (Å²) in [7, 11) is -3.54. The summed E-state index contributed by atoms with van der Waals surface area (Å²) in [5, 5.41) is 2.82. The van der Waals surface area contributed by atoms with E-state index >= 15 is 0 Å². The van der Waals surface area contributed by atoms with Crippen LogP contribution in [-0.4, -0.2) is 27.0 Å². The zero-order valence-corrected chi connectivity index (χ0v) is 16.0. The van der Waals surface area contributed by atoms with Crippen molar-refractivity contribution in [3.8, 4) is 5.75 Å². The number of benzene rings is 2. The van der Waals surface area contributed by atoms with Gasteiger partial charge in [0, 0.05) is 11.7 Å². The maximum absolute atomic E-state index is 12.1. The minimum absolute atomic E-state index is 0.153. The van der Waals surface area contributed by atoms with E-state index in [1.807, 2.05) is 31.2 Å². The van der Waals surface area contributed by atoms with E-state index in [9.17, 15) is 13.2 Å².